The van der Waals surface area contributed by atoms with Crippen molar-refractivity contribution in [2.24, 2.45) is 0 Å². The fraction of sp³-hybridized carbons (Fsp3) is 0.154. The van der Waals surface area contributed by atoms with Crippen LogP contribution in [0.1, 0.15) is 40.7 Å². The number of carbonyl (C=O) groups excluding carboxylic acids is 1. The van der Waals surface area contributed by atoms with E-state index < -0.39 is 23.2 Å². The molecule has 0 amide bonds. The zero-order chi connectivity index (χ0) is 22.2. The Balaban J connectivity index is 1.65. The smallest absolute Gasteiger partial charge is 0.343 e. The Kier molecular flexibility index (Phi) is 7.29. The minimum atomic E-state index is -1.08. The molecular weight excluding hydrogens is 396 g/mol. The standard InChI is InChI=1S/C26H21F2NO2/c1-2-3-4-5-6-18-7-9-19(10-8-18)20-11-13-21(14-12-20)26(30)31-22-15-24(27)23(17-29)25(28)16-22/h2,7-16H,1,3-6H2. The van der Waals surface area contributed by atoms with Gasteiger partial charge in [0, 0.05) is 12.1 Å². The van der Waals surface area contributed by atoms with Gasteiger partial charge in [-0.3, -0.25) is 0 Å². The van der Waals surface area contributed by atoms with Crippen LogP contribution in [0.3, 0.4) is 0 Å². The Labute approximate surface area is 180 Å². The molecule has 0 saturated heterocycles. The molecule has 0 heterocycles. The Morgan fingerprint density at radius 3 is 2.10 bits per heavy atom. The van der Waals surface area contributed by atoms with E-state index in [2.05, 4.69) is 18.7 Å². The number of nitriles is 1. The molecule has 156 valence electrons. The van der Waals surface area contributed by atoms with Gasteiger partial charge in [-0.05, 0) is 54.5 Å². The van der Waals surface area contributed by atoms with Crippen LogP contribution >= 0.6 is 0 Å². The number of aryl methyl sites for hydroxylation is 1. The number of rotatable bonds is 8. The number of halogens is 2. The van der Waals surface area contributed by atoms with E-state index >= 15 is 0 Å². The van der Waals surface area contributed by atoms with Gasteiger partial charge in [-0.25, -0.2) is 13.6 Å². The first-order valence-electron chi connectivity index (χ1n) is 9.93. The van der Waals surface area contributed by atoms with E-state index in [1.807, 2.05) is 18.2 Å². The molecule has 0 aromatic heterocycles. The summed E-state index contributed by atoms with van der Waals surface area (Å²) < 4.78 is 32.4. The lowest BCUT2D eigenvalue weighted by Crippen LogP contribution is -2.09. The Morgan fingerprint density at radius 1 is 0.968 bits per heavy atom. The predicted molar refractivity (Wildman–Crippen MR) is 116 cm³/mol. The van der Waals surface area contributed by atoms with Crippen molar-refractivity contribution in [2.45, 2.75) is 25.7 Å². The normalized spacial score (nSPS) is 10.4. The maximum absolute atomic E-state index is 13.7. The summed E-state index contributed by atoms with van der Waals surface area (Å²) >= 11 is 0. The minimum absolute atomic E-state index is 0.243. The van der Waals surface area contributed by atoms with Gasteiger partial charge in [0.15, 0.2) is 0 Å². The number of ether oxygens (including phenoxy) is 1. The van der Waals surface area contributed by atoms with Crippen LogP contribution in [0.4, 0.5) is 8.78 Å². The van der Waals surface area contributed by atoms with Crippen molar-refractivity contribution < 1.29 is 18.3 Å². The summed E-state index contributed by atoms with van der Waals surface area (Å²) in [5, 5.41) is 8.70. The Hall–Kier alpha value is -3.78. The molecule has 3 nitrogen and oxygen atoms in total. The third kappa shape index (κ3) is 5.64. The zero-order valence-corrected chi connectivity index (χ0v) is 16.9. The van der Waals surface area contributed by atoms with Crippen LogP contribution < -0.4 is 4.74 Å². The van der Waals surface area contributed by atoms with Gasteiger partial charge < -0.3 is 4.74 Å². The average Bonchev–Trinajstić information content (AvgIpc) is 2.77. The van der Waals surface area contributed by atoms with E-state index in [1.54, 1.807) is 24.3 Å². The van der Waals surface area contributed by atoms with E-state index in [0.29, 0.717) is 0 Å². The van der Waals surface area contributed by atoms with Gasteiger partial charge in [0.05, 0.1) is 5.56 Å². The van der Waals surface area contributed by atoms with Gasteiger partial charge in [0.25, 0.3) is 0 Å². The third-order valence-corrected chi connectivity index (χ3v) is 4.87. The summed E-state index contributed by atoms with van der Waals surface area (Å²) in [6, 6.07) is 18.1. The van der Waals surface area contributed by atoms with Gasteiger partial charge in [-0.1, -0.05) is 42.5 Å². The summed E-state index contributed by atoms with van der Waals surface area (Å²) in [6.45, 7) is 3.73. The van der Waals surface area contributed by atoms with Crippen LogP contribution in [-0.4, -0.2) is 5.97 Å². The van der Waals surface area contributed by atoms with Gasteiger partial charge in [0.1, 0.15) is 29.0 Å². The van der Waals surface area contributed by atoms with Crippen molar-refractivity contribution in [1.82, 2.24) is 0 Å². The van der Waals surface area contributed by atoms with E-state index in [9.17, 15) is 13.6 Å². The molecule has 0 saturated carbocycles. The first-order valence-corrected chi connectivity index (χ1v) is 9.93. The molecule has 0 N–H and O–H groups in total. The van der Waals surface area contributed by atoms with E-state index in [1.165, 1.54) is 11.6 Å². The van der Waals surface area contributed by atoms with Crippen molar-refractivity contribution in [1.29, 1.82) is 5.26 Å². The highest BCUT2D eigenvalue weighted by Crippen LogP contribution is 2.23. The maximum atomic E-state index is 13.7. The van der Waals surface area contributed by atoms with Crippen molar-refractivity contribution in [3.63, 3.8) is 0 Å². The van der Waals surface area contributed by atoms with Crippen molar-refractivity contribution >= 4 is 5.97 Å². The molecule has 0 unspecified atom stereocenters. The highest BCUT2D eigenvalue weighted by molar-refractivity contribution is 5.91. The van der Waals surface area contributed by atoms with Crippen LogP contribution in [0.2, 0.25) is 0 Å². The molecule has 0 bridgehead atoms. The number of allylic oxidation sites excluding steroid dienone is 1. The summed E-state index contributed by atoms with van der Waals surface area (Å²) in [4.78, 5) is 12.3. The molecule has 0 aliphatic rings. The summed E-state index contributed by atoms with van der Waals surface area (Å²) in [5.41, 5.74) is 2.76. The first kappa shape index (κ1) is 21.9. The monoisotopic (exact) mass is 417 g/mol. The highest BCUT2D eigenvalue weighted by atomic mass is 19.1. The fourth-order valence-electron chi connectivity index (χ4n) is 3.16. The first-order chi connectivity index (χ1) is 15.0. The van der Waals surface area contributed by atoms with Gasteiger partial charge in [-0.2, -0.15) is 5.26 Å². The molecule has 3 aromatic carbocycles. The molecule has 0 spiro atoms. The molecule has 0 aliphatic heterocycles. The van der Waals surface area contributed by atoms with Crippen molar-refractivity contribution in [3.05, 3.63) is 102 Å². The van der Waals surface area contributed by atoms with Crippen LogP contribution in [0.5, 0.6) is 5.75 Å². The van der Waals surface area contributed by atoms with Gasteiger partial charge in [-0.15, -0.1) is 6.58 Å². The second-order valence-corrected chi connectivity index (χ2v) is 7.07. The minimum Gasteiger partial charge on any atom is -0.423 e. The van der Waals surface area contributed by atoms with E-state index in [0.717, 1.165) is 48.9 Å². The number of benzene rings is 3. The topological polar surface area (TPSA) is 50.1 Å². The van der Waals surface area contributed by atoms with Crippen LogP contribution in [-0.2, 0) is 6.42 Å². The van der Waals surface area contributed by atoms with Crippen LogP contribution in [0, 0.1) is 23.0 Å². The lowest BCUT2D eigenvalue weighted by molar-refractivity contribution is 0.0734. The lowest BCUT2D eigenvalue weighted by atomic mass is 10.0. The largest absolute Gasteiger partial charge is 0.423 e. The second kappa shape index (κ2) is 10.3. The summed E-state index contributed by atoms with van der Waals surface area (Å²) in [7, 11) is 0. The molecule has 0 fully saturated rings. The van der Waals surface area contributed by atoms with Gasteiger partial charge in [0.2, 0.25) is 0 Å². The quantitative estimate of drug-likeness (QED) is 0.179. The second-order valence-electron chi connectivity index (χ2n) is 7.07. The van der Waals surface area contributed by atoms with E-state index in [-0.39, 0.29) is 11.3 Å². The van der Waals surface area contributed by atoms with E-state index in [4.69, 9.17) is 10.00 Å². The van der Waals surface area contributed by atoms with Crippen LogP contribution in [0.15, 0.2) is 73.3 Å². The lowest BCUT2D eigenvalue weighted by Gasteiger charge is -2.08. The third-order valence-electron chi connectivity index (χ3n) is 4.87. The number of nitrogens with zero attached hydrogens (tertiary/aromatic N) is 1. The summed E-state index contributed by atoms with van der Waals surface area (Å²) in [5.74, 6) is -3.20. The predicted octanol–water partition coefficient (Wildman–Crippen LogP) is 6.62. The number of esters is 1. The molecule has 3 aromatic rings. The van der Waals surface area contributed by atoms with Crippen molar-refractivity contribution in [3.8, 4) is 22.9 Å². The maximum Gasteiger partial charge on any atom is 0.343 e. The van der Waals surface area contributed by atoms with Crippen LogP contribution in [0.25, 0.3) is 11.1 Å². The molecule has 0 atom stereocenters. The average molecular weight is 417 g/mol. The van der Waals surface area contributed by atoms with Crippen molar-refractivity contribution in [2.75, 3.05) is 0 Å². The SMILES string of the molecule is C=CCCCCc1ccc(-c2ccc(C(=O)Oc3cc(F)c(C#N)c(F)c3)cc2)cc1. The molecule has 0 radical (unpaired) electrons. The molecular formula is C26H21F2NO2. The molecule has 3 rings (SSSR count). The van der Waals surface area contributed by atoms with Gasteiger partial charge >= 0.3 is 5.97 Å². The molecule has 31 heavy (non-hydrogen) atoms. The Morgan fingerprint density at radius 2 is 1.55 bits per heavy atom. The number of unbranched alkanes of at least 4 members (excludes halogenated alkanes) is 2. The highest BCUT2D eigenvalue weighted by Gasteiger charge is 2.15. The molecule has 0 aliphatic carbocycles. The zero-order valence-electron chi connectivity index (χ0n) is 16.9. The molecule has 5 heteroatoms. The fourth-order valence-corrected chi connectivity index (χ4v) is 3.16. The Bertz CT molecular complexity index is 1090. The number of hydrogen-bond donors (Lipinski definition) is 0. The summed E-state index contributed by atoms with van der Waals surface area (Å²) in [6.07, 6.45) is 6.24. The number of carbonyl (C=O) groups is 1. The number of hydrogen-bond acceptors (Lipinski definition) is 3.